The zero-order valence-electron chi connectivity index (χ0n) is 36.5. The van der Waals surface area contributed by atoms with Crippen LogP contribution in [0.2, 0.25) is 0 Å². The number of carbonyl (C=O) groups excluding carboxylic acids is 1. The lowest BCUT2D eigenvalue weighted by Crippen LogP contribution is -2.73. The number of thioether (sulfide) groups is 2. The second-order valence-corrected chi connectivity index (χ2v) is 20.0. The lowest BCUT2D eigenvalue weighted by atomic mass is 9.88. The standard InChI is InChI=1S/C36H59N4O26PS2/c1-12(43)38-18-22(48)30(69-7-3-6-68-11-16-21(47)23(49)26(52)33(63-16)64-28-14(9-42)62-32(59-2)27(53)24(28)50)36(34(54)55,65-29(18)19(45)13(44)8-41)66-67(57,58)60-10-15-20(46)25(51)31(61-15)40-5-4-17(37)39-35(40)56/h4-5,13-16,18-33,41-42,44-53H,3,6-11H2,1-2H3,(H,38,43)(H,54,55)(H,57,58)(H2,37,39,56)/t13-,14-,15-,16-,18-,19-,20-,21+,22-,23+,24-,25-,26-,27-,28+,29-,30-,31-,32-,33+,36-/m1/s1. The van der Waals surface area contributed by atoms with Gasteiger partial charge in [0.05, 0.1) is 43.3 Å². The summed E-state index contributed by atoms with van der Waals surface area (Å²) < 4.78 is 57.5. The number of carboxylic acids is 1. The number of carbonyl (C=O) groups is 2. The molecule has 5 heterocycles. The number of hydrogen-bond donors (Lipinski definition) is 16. The van der Waals surface area contributed by atoms with Crippen molar-refractivity contribution in [2.24, 2.45) is 0 Å². The van der Waals surface area contributed by atoms with E-state index in [1.54, 1.807) is 0 Å². The van der Waals surface area contributed by atoms with Crippen molar-refractivity contribution in [3.63, 3.8) is 0 Å². The summed E-state index contributed by atoms with van der Waals surface area (Å²) in [6.07, 6.45) is -30.6. The number of rotatable bonds is 22. The molecule has 4 aliphatic heterocycles. The zero-order chi connectivity index (χ0) is 51.3. The summed E-state index contributed by atoms with van der Waals surface area (Å²) >= 11 is 1.65. The highest BCUT2D eigenvalue weighted by Crippen LogP contribution is 2.53. The first-order chi connectivity index (χ1) is 32.4. The average Bonchev–Trinajstić information content (AvgIpc) is 3.58. The largest absolute Gasteiger partial charge is 0.477 e. The maximum absolute atomic E-state index is 13.7. The van der Waals surface area contributed by atoms with Crippen LogP contribution in [0, 0.1) is 0 Å². The van der Waals surface area contributed by atoms with Gasteiger partial charge in [-0.25, -0.2) is 18.7 Å². The Labute approximate surface area is 399 Å². The Balaban J connectivity index is 1.29. The molecule has 30 nitrogen and oxygen atoms in total. The smallest absolute Gasteiger partial charge is 0.475 e. The highest BCUT2D eigenvalue weighted by atomic mass is 32.2. The first-order valence-corrected chi connectivity index (χ1v) is 24.7. The summed E-state index contributed by atoms with van der Waals surface area (Å²) in [5.41, 5.74) is 4.49. The predicted molar refractivity (Wildman–Crippen MR) is 228 cm³/mol. The third-order valence-electron chi connectivity index (χ3n) is 11.4. The van der Waals surface area contributed by atoms with Crippen LogP contribution in [-0.4, -0.2) is 258 Å². The van der Waals surface area contributed by atoms with Gasteiger partial charge in [-0.2, -0.15) is 16.7 Å². The molecule has 1 unspecified atom stereocenters. The van der Waals surface area contributed by atoms with E-state index < -0.39 is 173 Å². The molecule has 1 aromatic heterocycles. The molecule has 396 valence electrons. The molecule has 5 rings (SSSR count). The second kappa shape index (κ2) is 24.6. The fourth-order valence-corrected chi connectivity index (χ4v) is 11.4. The summed E-state index contributed by atoms with van der Waals surface area (Å²) in [6, 6.07) is -0.612. The summed E-state index contributed by atoms with van der Waals surface area (Å²) in [4.78, 5) is 52.5. The fourth-order valence-electron chi connectivity index (χ4n) is 7.84. The molecule has 0 bridgehead atoms. The van der Waals surface area contributed by atoms with Crippen LogP contribution in [0.3, 0.4) is 0 Å². The maximum Gasteiger partial charge on any atom is 0.475 e. The minimum atomic E-state index is -5.82. The summed E-state index contributed by atoms with van der Waals surface area (Å²) in [5, 5.41) is 138. The number of methoxy groups -OCH3 is 1. The van der Waals surface area contributed by atoms with E-state index in [1.807, 2.05) is 0 Å². The quantitative estimate of drug-likeness (QED) is 0.0379. The van der Waals surface area contributed by atoms with Gasteiger partial charge in [0.1, 0.15) is 85.2 Å². The first kappa shape index (κ1) is 57.6. The number of hydrogen-bond acceptors (Lipinski definition) is 28. The van der Waals surface area contributed by atoms with Crippen LogP contribution >= 0.6 is 31.3 Å². The van der Waals surface area contributed by atoms with E-state index >= 15 is 0 Å². The van der Waals surface area contributed by atoms with Gasteiger partial charge in [0, 0.05) is 26.0 Å². The molecule has 0 aliphatic carbocycles. The molecule has 0 radical (unpaired) electrons. The maximum atomic E-state index is 13.7. The van der Waals surface area contributed by atoms with Crippen LogP contribution in [0.5, 0.6) is 0 Å². The number of anilines is 1. The number of ether oxygens (including phenoxy) is 6. The van der Waals surface area contributed by atoms with Crippen molar-refractivity contribution in [2.45, 2.75) is 141 Å². The van der Waals surface area contributed by atoms with E-state index in [0.717, 1.165) is 29.4 Å². The van der Waals surface area contributed by atoms with Crippen molar-refractivity contribution in [1.29, 1.82) is 0 Å². The number of aliphatic carboxylic acids is 1. The van der Waals surface area contributed by atoms with E-state index in [4.69, 9.17) is 43.2 Å². The summed E-state index contributed by atoms with van der Waals surface area (Å²) in [5.74, 6) is -6.89. The van der Waals surface area contributed by atoms with E-state index in [-0.39, 0.29) is 29.5 Å². The second-order valence-electron chi connectivity index (χ2n) is 16.2. The van der Waals surface area contributed by atoms with Gasteiger partial charge in [-0.15, -0.1) is 11.8 Å². The molecule has 4 saturated heterocycles. The number of aliphatic hydroxyl groups is 12. The van der Waals surface area contributed by atoms with E-state index in [9.17, 15) is 90.2 Å². The molecule has 0 aromatic carbocycles. The topological polar surface area (TPSA) is 481 Å². The third kappa shape index (κ3) is 13.1. The minimum absolute atomic E-state index is 0.0882. The number of amides is 1. The van der Waals surface area contributed by atoms with Crippen molar-refractivity contribution in [3.8, 4) is 0 Å². The van der Waals surface area contributed by atoms with Gasteiger partial charge in [-0.05, 0) is 24.0 Å². The molecular formula is C36H59N4O26PS2. The van der Waals surface area contributed by atoms with Crippen molar-refractivity contribution in [3.05, 3.63) is 22.7 Å². The molecule has 1 amide bonds. The first-order valence-electron chi connectivity index (χ1n) is 21.0. The number of nitrogens with zero attached hydrogens (tertiary/aromatic N) is 2. The zero-order valence-corrected chi connectivity index (χ0v) is 39.1. The number of phosphoric ester groups is 1. The molecule has 4 fully saturated rings. The van der Waals surface area contributed by atoms with Gasteiger partial charge in [0.2, 0.25) is 5.91 Å². The van der Waals surface area contributed by atoms with Crippen LogP contribution in [0.25, 0.3) is 0 Å². The number of aliphatic hydroxyl groups excluding tert-OH is 12. The summed E-state index contributed by atoms with van der Waals surface area (Å²) in [7, 11) is -4.64. The van der Waals surface area contributed by atoms with Gasteiger partial charge in [0.15, 0.2) is 18.8 Å². The van der Waals surface area contributed by atoms with Gasteiger partial charge in [0.25, 0.3) is 5.79 Å². The van der Waals surface area contributed by atoms with Crippen molar-refractivity contribution >= 4 is 49.0 Å². The number of nitrogens with one attached hydrogen (secondary N) is 1. The van der Waals surface area contributed by atoms with E-state index in [1.165, 1.54) is 13.2 Å². The van der Waals surface area contributed by atoms with Crippen LogP contribution in [0.1, 0.15) is 19.6 Å². The molecule has 1 aromatic rings. The van der Waals surface area contributed by atoms with Crippen LogP contribution in [0.15, 0.2) is 17.1 Å². The Hall–Kier alpha value is -2.29. The lowest BCUT2D eigenvalue weighted by molar-refractivity contribution is -0.353. The Bertz CT molecular complexity index is 1970. The number of nitrogen functional groups attached to an aromatic ring is 1. The average molecular weight is 1060 g/mol. The minimum Gasteiger partial charge on any atom is -0.477 e. The SMILES string of the molecule is CO[C@@H]1O[C@H](CO)[C@H](O[C@@H]2O[C@H](CSCCCS[C@@H]3[C@H](O)[C@@H](NC(C)=O)[C@H]([C@H](O)[C@H](O)CO)O[C@]3(OP(=O)(O)OC[C@H]3O[C@@H](n4ccc(N)nc4=O)[C@H](O)[C@@H]3O)C(=O)O)[C@H](O)[C@H](O)[C@H]2O)[C@H](O)[C@H]1O. The fraction of sp³-hybridized carbons (Fsp3) is 0.833. The Morgan fingerprint density at radius 2 is 1.58 bits per heavy atom. The predicted octanol–water partition coefficient (Wildman–Crippen LogP) is -8.16. The van der Waals surface area contributed by atoms with Crippen molar-refractivity contribution in [1.82, 2.24) is 14.9 Å². The van der Waals surface area contributed by atoms with Crippen molar-refractivity contribution in [2.75, 3.05) is 49.9 Å². The monoisotopic (exact) mass is 1060 g/mol. The van der Waals surface area contributed by atoms with Gasteiger partial charge < -0.3 is 111 Å². The number of nitrogens with two attached hydrogens (primary N) is 1. The van der Waals surface area contributed by atoms with Crippen molar-refractivity contribution < 1.29 is 123 Å². The van der Waals surface area contributed by atoms with Crippen LogP contribution in [-0.2, 0) is 51.6 Å². The van der Waals surface area contributed by atoms with E-state index in [2.05, 4.69) is 10.3 Å². The van der Waals surface area contributed by atoms with Gasteiger partial charge >= 0.3 is 19.5 Å². The number of carboxylic acid groups (broad SMARTS) is 1. The molecule has 33 heteroatoms. The molecule has 22 atom stereocenters. The molecule has 0 saturated carbocycles. The Kier molecular flexibility index (Phi) is 20.6. The molecule has 4 aliphatic rings. The Morgan fingerprint density at radius 3 is 2.19 bits per heavy atom. The summed E-state index contributed by atoms with van der Waals surface area (Å²) in [6.45, 7) is -2.04. The molecule has 17 N–H and O–H groups in total. The molecular weight excluding hydrogens is 1000 g/mol. The van der Waals surface area contributed by atoms with Gasteiger partial charge in [-0.3, -0.25) is 13.9 Å². The molecule has 69 heavy (non-hydrogen) atoms. The third-order valence-corrected chi connectivity index (χ3v) is 15.0. The number of aromatic nitrogens is 2. The van der Waals surface area contributed by atoms with Crippen LogP contribution in [0.4, 0.5) is 5.82 Å². The molecule has 0 spiro atoms. The van der Waals surface area contributed by atoms with Crippen LogP contribution < -0.4 is 16.7 Å². The highest BCUT2D eigenvalue weighted by molar-refractivity contribution is 8.00. The normalized spacial score (nSPS) is 40.2. The Morgan fingerprint density at radius 1 is 0.928 bits per heavy atom. The van der Waals surface area contributed by atoms with E-state index in [0.29, 0.717) is 11.8 Å². The van der Waals surface area contributed by atoms with Gasteiger partial charge in [-0.1, -0.05) is 0 Å². The lowest BCUT2D eigenvalue weighted by Gasteiger charge is -2.50. The number of phosphoric acid groups is 1. The highest BCUT2D eigenvalue weighted by Gasteiger charge is 2.65.